The molecule has 0 saturated carbocycles. The standard InChI is InChI=1S/C8H8O3/c9-4-6-1-2-7-8(3-6)11-5-10-7/h1-4,7-8H,5H2/t7-,8?/m0/s1. The maximum Gasteiger partial charge on any atom is 0.149 e. The molecular weight excluding hydrogens is 144 g/mol. The Morgan fingerprint density at radius 1 is 1.45 bits per heavy atom. The molecule has 0 radical (unpaired) electrons. The third kappa shape index (κ3) is 1.13. The van der Waals surface area contributed by atoms with Gasteiger partial charge in [0.1, 0.15) is 25.3 Å². The molecule has 1 unspecified atom stereocenters. The van der Waals surface area contributed by atoms with E-state index in [1.54, 1.807) is 12.2 Å². The number of hydrogen-bond acceptors (Lipinski definition) is 3. The van der Waals surface area contributed by atoms with Crippen LogP contribution >= 0.6 is 0 Å². The molecule has 1 heterocycles. The van der Waals surface area contributed by atoms with Crippen LogP contribution in [0.5, 0.6) is 0 Å². The van der Waals surface area contributed by atoms with Crippen LogP contribution in [0.15, 0.2) is 23.8 Å². The summed E-state index contributed by atoms with van der Waals surface area (Å²) in [6.07, 6.45) is 6.16. The van der Waals surface area contributed by atoms with Gasteiger partial charge in [0, 0.05) is 5.57 Å². The Kier molecular flexibility index (Phi) is 1.60. The summed E-state index contributed by atoms with van der Waals surface area (Å²) in [6.45, 7) is 0.322. The number of allylic oxidation sites excluding steroid dienone is 2. The van der Waals surface area contributed by atoms with Crippen LogP contribution in [0.3, 0.4) is 0 Å². The van der Waals surface area contributed by atoms with Gasteiger partial charge in [-0.15, -0.1) is 0 Å². The zero-order chi connectivity index (χ0) is 7.68. The predicted octanol–water partition coefficient (Wildman–Crippen LogP) is 0.423. The fraction of sp³-hybridized carbons (Fsp3) is 0.375. The molecule has 58 valence electrons. The molecule has 0 aromatic heterocycles. The van der Waals surface area contributed by atoms with Gasteiger partial charge < -0.3 is 9.47 Å². The average molecular weight is 152 g/mol. The van der Waals surface area contributed by atoms with Gasteiger partial charge >= 0.3 is 0 Å². The van der Waals surface area contributed by atoms with E-state index >= 15 is 0 Å². The minimum atomic E-state index is -0.0554. The maximum absolute atomic E-state index is 10.3. The third-order valence-corrected chi connectivity index (χ3v) is 1.82. The summed E-state index contributed by atoms with van der Waals surface area (Å²) in [5.74, 6) is 0. The van der Waals surface area contributed by atoms with Crippen molar-refractivity contribution < 1.29 is 14.3 Å². The molecule has 3 nitrogen and oxygen atoms in total. The van der Waals surface area contributed by atoms with Gasteiger partial charge in [0.25, 0.3) is 0 Å². The van der Waals surface area contributed by atoms with E-state index in [-0.39, 0.29) is 12.2 Å². The fourth-order valence-corrected chi connectivity index (χ4v) is 1.22. The van der Waals surface area contributed by atoms with E-state index in [9.17, 15) is 4.79 Å². The molecule has 2 aliphatic rings. The zero-order valence-electron chi connectivity index (χ0n) is 5.90. The van der Waals surface area contributed by atoms with Crippen molar-refractivity contribution in [1.82, 2.24) is 0 Å². The third-order valence-electron chi connectivity index (χ3n) is 1.82. The Labute approximate surface area is 64.3 Å². The smallest absolute Gasteiger partial charge is 0.149 e. The fourth-order valence-electron chi connectivity index (χ4n) is 1.22. The summed E-state index contributed by atoms with van der Waals surface area (Å²) >= 11 is 0. The maximum atomic E-state index is 10.3. The van der Waals surface area contributed by atoms with Crippen molar-refractivity contribution in [2.75, 3.05) is 6.79 Å². The molecule has 2 atom stereocenters. The molecule has 0 amide bonds. The zero-order valence-corrected chi connectivity index (χ0v) is 5.90. The molecule has 1 aliphatic heterocycles. The summed E-state index contributed by atoms with van der Waals surface area (Å²) in [6, 6.07) is 0. The first-order valence-electron chi connectivity index (χ1n) is 3.48. The summed E-state index contributed by atoms with van der Waals surface area (Å²) in [5, 5.41) is 0. The monoisotopic (exact) mass is 152 g/mol. The summed E-state index contributed by atoms with van der Waals surface area (Å²) in [7, 11) is 0. The molecule has 11 heavy (non-hydrogen) atoms. The molecule has 1 fully saturated rings. The summed E-state index contributed by atoms with van der Waals surface area (Å²) in [4.78, 5) is 10.3. The lowest BCUT2D eigenvalue weighted by Gasteiger charge is -2.13. The molecule has 1 saturated heterocycles. The number of carbonyl (C=O) groups is 1. The normalized spacial score (nSPS) is 34.7. The van der Waals surface area contributed by atoms with Crippen molar-refractivity contribution in [2.24, 2.45) is 0 Å². The second-order valence-corrected chi connectivity index (χ2v) is 2.52. The Hall–Kier alpha value is -0.930. The van der Waals surface area contributed by atoms with Crippen LogP contribution in [0.4, 0.5) is 0 Å². The van der Waals surface area contributed by atoms with Crippen molar-refractivity contribution in [3.05, 3.63) is 23.8 Å². The quantitative estimate of drug-likeness (QED) is 0.511. The number of rotatable bonds is 1. The van der Waals surface area contributed by atoms with Gasteiger partial charge in [-0.05, 0) is 6.08 Å². The SMILES string of the molecule is O=CC1=CC2OCO[C@H]2C=C1. The van der Waals surface area contributed by atoms with Crippen molar-refractivity contribution in [3.63, 3.8) is 0 Å². The van der Waals surface area contributed by atoms with E-state index in [4.69, 9.17) is 9.47 Å². The molecule has 0 N–H and O–H groups in total. The number of fused-ring (bicyclic) bond motifs is 1. The Morgan fingerprint density at radius 3 is 3.09 bits per heavy atom. The second-order valence-electron chi connectivity index (χ2n) is 2.52. The Morgan fingerprint density at radius 2 is 2.27 bits per heavy atom. The molecular formula is C8H8O3. The predicted molar refractivity (Wildman–Crippen MR) is 37.9 cm³/mol. The molecule has 0 aromatic carbocycles. The van der Waals surface area contributed by atoms with E-state index in [0.717, 1.165) is 6.29 Å². The van der Waals surface area contributed by atoms with Crippen LogP contribution < -0.4 is 0 Å². The van der Waals surface area contributed by atoms with Crippen molar-refractivity contribution in [2.45, 2.75) is 12.2 Å². The lowest BCUT2D eigenvalue weighted by Crippen LogP contribution is -2.20. The van der Waals surface area contributed by atoms with E-state index in [2.05, 4.69) is 0 Å². The highest BCUT2D eigenvalue weighted by atomic mass is 16.7. The summed E-state index contributed by atoms with van der Waals surface area (Å²) in [5.41, 5.74) is 0.664. The first kappa shape index (κ1) is 6.76. The number of ether oxygens (including phenoxy) is 2. The number of carbonyl (C=O) groups excluding carboxylic acids is 1. The largest absolute Gasteiger partial charge is 0.345 e. The highest BCUT2D eigenvalue weighted by Crippen LogP contribution is 2.20. The van der Waals surface area contributed by atoms with Crippen LogP contribution in [-0.2, 0) is 14.3 Å². The van der Waals surface area contributed by atoms with Crippen LogP contribution in [-0.4, -0.2) is 25.3 Å². The molecule has 0 spiro atoms. The minimum Gasteiger partial charge on any atom is -0.345 e. The van der Waals surface area contributed by atoms with Gasteiger partial charge in [0.2, 0.25) is 0 Å². The van der Waals surface area contributed by atoms with Crippen molar-refractivity contribution >= 4 is 6.29 Å². The van der Waals surface area contributed by atoms with E-state index in [1.807, 2.05) is 6.08 Å². The van der Waals surface area contributed by atoms with Gasteiger partial charge in [0.05, 0.1) is 0 Å². The lowest BCUT2D eigenvalue weighted by atomic mass is 10.0. The van der Waals surface area contributed by atoms with E-state index < -0.39 is 0 Å². The highest BCUT2D eigenvalue weighted by Gasteiger charge is 2.27. The Bertz CT molecular complexity index is 229. The van der Waals surface area contributed by atoms with Crippen LogP contribution in [0.1, 0.15) is 0 Å². The lowest BCUT2D eigenvalue weighted by molar-refractivity contribution is -0.104. The average Bonchev–Trinajstić information content (AvgIpc) is 2.50. The van der Waals surface area contributed by atoms with Gasteiger partial charge in [-0.3, -0.25) is 4.79 Å². The van der Waals surface area contributed by atoms with E-state index in [0.29, 0.717) is 12.4 Å². The first-order valence-corrected chi connectivity index (χ1v) is 3.48. The van der Waals surface area contributed by atoms with Crippen LogP contribution in [0.25, 0.3) is 0 Å². The second kappa shape index (κ2) is 2.60. The van der Waals surface area contributed by atoms with Crippen molar-refractivity contribution in [1.29, 1.82) is 0 Å². The first-order chi connectivity index (χ1) is 5.40. The number of aldehydes is 1. The van der Waals surface area contributed by atoms with Gasteiger partial charge in [0.15, 0.2) is 0 Å². The molecule has 0 aromatic rings. The van der Waals surface area contributed by atoms with Gasteiger partial charge in [-0.2, -0.15) is 0 Å². The topological polar surface area (TPSA) is 35.5 Å². The number of hydrogen-bond donors (Lipinski definition) is 0. The highest BCUT2D eigenvalue weighted by molar-refractivity contribution is 5.78. The molecule has 0 bridgehead atoms. The minimum absolute atomic E-state index is 0.0127. The molecule has 2 rings (SSSR count). The summed E-state index contributed by atoms with van der Waals surface area (Å²) < 4.78 is 10.4. The molecule has 1 aliphatic carbocycles. The van der Waals surface area contributed by atoms with E-state index in [1.165, 1.54) is 0 Å². The van der Waals surface area contributed by atoms with Crippen LogP contribution in [0.2, 0.25) is 0 Å². The Balaban J connectivity index is 2.20. The van der Waals surface area contributed by atoms with Gasteiger partial charge in [-0.25, -0.2) is 0 Å². The van der Waals surface area contributed by atoms with Crippen LogP contribution in [0, 0.1) is 0 Å². The molecule has 3 heteroatoms. The van der Waals surface area contributed by atoms with Gasteiger partial charge in [-0.1, -0.05) is 12.2 Å². The van der Waals surface area contributed by atoms with Crippen molar-refractivity contribution in [3.8, 4) is 0 Å².